The third-order valence-corrected chi connectivity index (χ3v) is 1.55. The molecule has 0 heterocycles. The third-order valence-electron chi connectivity index (χ3n) is 1.09. The zero-order valence-electron chi connectivity index (χ0n) is 4.61. The molecule has 0 unspecified atom stereocenters. The van der Waals surface area contributed by atoms with Crippen molar-refractivity contribution < 1.29 is 0 Å². The Balaban J connectivity index is 1.80. The van der Waals surface area contributed by atoms with Crippen LogP contribution in [0.4, 0.5) is 0 Å². The van der Waals surface area contributed by atoms with E-state index < -0.39 is 0 Å². The first-order chi connectivity index (χ1) is 3.43. The SMILES string of the molecule is CSCNC1CC1. The van der Waals surface area contributed by atoms with Crippen LogP contribution in [0.2, 0.25) is 0 Å². The van der Waals surface area contributed by atoms with Gasteiger partial charge in [-0.15, -0.1) is 11.8 Å². The molecule has 1 saturated carbocycles. The van der Waals surface area contributed by atoms with E-state index in [1.54, 1.807) is 0 Å². The molecule has 0 radical (unpaired) electrons. The van der Waals surface area contributed by atoms with Crippen molar-refractivity contribution in [2.75, 3.05) is 12.1 Å². The average Bonchev–Trinajstić information content (AvgIpc) is 2.42. The van der Waals surface area contributed by atoms with Crippen LogP contribution in [0.15, 0.2) is 0 Å². The summed E-state index contributed by atoms with van der Waals surface area (Å²) in [5.41, 5.74) is 0. The maximum atomic E-state index is 3.37. The zero-order valence-corrected chi connectivity index (χ0v) is 5.42. The molecule has 7 heavy (non-hydrogen) atoms. The smallest absolute Gasteiger partial charge is 0.0417 e. The highest BCUT2D eigenvalue weighted by molar-refractivity contribution is 7.98. The molecule has 2 heteroatoms. The van der Waals surface area contributed by atoms with E-state index in [-0.39, 0.29) is 0 Å². The van der Waals surface area contributed by atoms with E-state index >= 15 is 0 Å². The summed E-state index contributed by atoms with van der Waals surface area (Å²) in [6.45, 7) is 0. The van der Waals surface area contributed by atoms with Gasteiger partial charge in [0.1, 0.15) is 0 Å². The van der Waals surface area contributed by atoms with Gasteiger partial charge in [-0.25, -0.2) is 0 Å². The van der Waals surface area contributed by atoms with Gasteiger partial charge in [-0.2, -0.15) is 0 Å². The van der Waals surface area contributed by atoms with Gasteiger partial charge in [-0.05, 0) is 19.1 Å². The van der Waals surface area contributed by atoms with Gasteiger partial charge in [0.15, 0.2) is 0 Å². The fraction of sp³-hybridized carbons (Fsp3) is 1.00. The molecule has 0 amide bonds. The summed E-state index contributed by atoms with van der Waals surface area (Å²) in [6.07, 6.45) is 4.93. The first-order valence-corrected chi connectivity index (χ1v) is 4.05. The molecule has 0 saturated heterocycles. The first-order valence-electron chi connectivity index (χ1n) is 2.66. The topological polar surface area (TPSA) is 12.0 Å². The molecular formula is C5H11NS. The molecule has 0 aliphatic heterocycles. The second kappa shape index (κ2) is 2.58. The molecule has 1 aliphatic carbocycles. The Morgan fingerprint density at radius 1 is 1.71 bits per heavy atom. The second-order valence-corrected chi connectivity index (χ2v) is 2.78. The number of nitrogens with one attached hydrogen (secondary N) is 1. The van der Waals surface area contributed by atoms with Crippen molar-refractivity contribution >= 4 is 11.8 Å². The van der Waals surface area contributed by atoms with Crippen LogP contribution in [-0.4, -0.2) is 18.2 Å². The van der Waals surface area contributed by atoms with E-state index in [1.807, 2.05) is 11.8 Å². The van der Waals surface area contributed by atoms with E-state index in [1.165, 1.54) is 12.8 Å². The fourth-order valence-corrected chi connectivity index (χ4v) is 0.891. The number of thioether (sulfide) groups is 1. The summed E-state index contributed by atoms with van der Waals surface area (Å²) < 4.78 is 0. The lowest BCUT2D eigenvalue weighted by atomic mass is 10.7. The summed E-state index contributed by atoms with van der Waals surface area (Å²) in [5, 5.41) is 3.37. The van der Waals surface area contributed by atoms with Gasteiger partial charge in [0.25, 0.3) is 0 Å². The number of hydrogen-bond donors (Lipinski definition) is 1. The molecule has 0 aromatic heterocycles. The Kier molecular flexibility index (Phi) is 2.00. The molecule has 0 atom stereocenters. The molecular weight excluding hydrogens is 106 g/mol. The van der Waals surface area contributed by atoms with E-state index in [4.69, 9.17) is 0 Å². The Hall–Kier alpha value is 0.310. The van der Waals surface area contributed by atoms with Crippen LogP contribution in [0.3, 0.4) is 0 Å². The minimum absolute atomic E-state index is 0.882. The largest absolute Gasteiger partial charge is 0.305 e. The van der Waals surface area contributed by atoms with Crippen LogP contribution in [0.1, 0.15) is 12.8 Å². The molecule has 1 nitrogen and oxygen atoms in total. The minimum Gasteiger partial charge on any atom is -0.305 e. The highest BCUT2D eigenvalue weighted by Gasteiger charge is 2.19. The van der Waals surface area contributed by atoms with Gasteiger partial charge in [0, 0.05) is 11.9 Å². The summed E-state index contributed by atoms with van der Waals surface area (Å²) in [6, 6.07) is 0.882. The lowest BCUT2D eigenvalue weighted by Gasteiger charge is -1.94. The van der Waals surface area contributed by atoms with E-state index in [9.17, 15) is 0 Å². The number of hydrogen-bond acceptors (Lipinski definition) is 2. The highest BCUT2D eigenvalue weighted by Crippen LogP contribution is 2.18. The third kappa shape index (κ3) is 2.19. The molecule has 0 spiro atoms. The molecule has 0 aromatic carbocycles. The number of rotatable bonds is 3. The van der Waals surface area contributed by atoms with Crippen molar-refractivity contribution in [1.29, 1.82) is 0 Å². The predicted octanol–water partition coefficient (Wildman–Crippen LogP) is 1.06. The molecule has 1 rings (SSSR count). The highest BCUT2D eigenvalue weighted by atomic mass is 32.2. The summed E-state index contributed by atoms with van der Waals surface area (Å²) >= 11 is 1.86. The monoisotopic (exact) mass is 117 g/mol. The van der Waals surface area contributed by atoms with Crippen LogP contribution >= 0.6 is 11.8 Å². The maximum Gasteiger partial charge on any atom is 0.0417 e. The van der Waals surface area contributed by atoms with Crippen molar-refractivity contribution in [3.8, 4) is 0 Å². The van der Waals surface area contributed by atoms with Crippen LogP contribution in [-0.2, 0) is 0 Å². The van der Waals surface area contributed by atoms with Crippen molar-refractivity contribution in [3.63, 3.8) is 0 Å². The molecule has 1 aliphatic rings. The van der Waals surface area contributed by atoms with E-state index in [2.05, 4.69) is 11.6 Å². The lowest BCUT2D eigenvalue weighted by molar-refractivity contribution is 0.790. The zero-order chi connectivity index (χ0) is 5.11. The minimum atomic E-state index is 0.882. The summed E-state index contributed by atoms with van der Waals surface area (Å²) in [5.74, 6) is 1.13. The molecule has 42 valence electrons. The molecule has 1 N–H and O–H groups in total. The van der Waals surface area contributed by atoms with Gasteiger partial charge < -0.3 is 5.32 Å². The molecule has 0 bridgehead atoms. The maximum absolute atomic E-state index is 3.37. The van der Waals surface area contributed by atoms with Crippen LogP contribution in [0, 0.1) is 0 Å². The van der Waals surface area contributed by atoms with Crippen molar-refractivity contribution in [2.24, 2.45) is 0 Å². The van der Waals surface area contributed by atoms with Crippen molar-refractivity contribution in [1.82, 2.24) is 5.32 Å². The summed E-state index contributed by atoms with van der Waals surface area (Å²) in [7, 11) is 0. The van der Waals surface area contributed by atoms with Crippen LogP contribution < -0.4 is 5.32 Å². The molecule has 1 fully saturated rings. The standard InChI is InChI=1S/C5H11NS/c1-7-4-6-5-2-3-5/h5-6H,2-4H2,1H3. The second-order valence-electron chi connectivity index (χ2n) is 1.91. The van der Waals surface area contributed by atoms with Crippen LogP contribution in [0.5, 0.6) is 0 Å². The quantitative estimate of drug-likeness (QED) is 0.555. The Bertz CT molecular complexity index is 52.0. The van der Waals surface area contributed by atoms with E-state index in [0.29, 0.717) is 0 Å². The van der Waals surface area contributed by atoms with Crippen molar-refractivity contribution in [3.05, 3.63) is 0 Å². The van der Waals surface area contributed by atoms with Gasteiger partial charge in [-0.3, -0.25) is 0 Å². The van der Waals surface area contributed by atoms with Crippen molar-refractivity contribution in [2.45, 2.75) is 18.9 Å². The van der Waals surface area contributed by atoms with E-state index in [0.717, 1.165) is 11.9 Å². The Morgan fingerprint density at radius 2 is 2.43 bits per heavy atom. The van der Waals surface area contributed by atoms with Gasteiger partial charge in [-0.1, -0.05) is 0 Å². The molecule has 0 aromatic rings. The average molecular weight is 117 g/mol. The lowest BCUT2D eigenvalue weighted by Crippen LogP contribution is -2.14. The van der Waals surface area contributed by atoms with Gasteiger partial charge >= 0.3 is 0 Å². The predicted molar refractivity (Wildman–Crippen MR) is 34.5 cm³/mol. The normalized spacial score (nSPS) is 20.1. The first kappa shape index (κ1) is 5.45. The van der Waals surface area contributed by atoms with Gasteiger partial charge in [0.05, 0.1) is 0 Å². The summed E-state index contributed by atoms with van der Waals surface area (Å²) in [4.78, 5) is 0. The van der Waals surface area contributed by atoms with Gasteiger partial charge in [0.2, 0.25) is 0 Å². The fourth-order valence-electron chi connectivity index (χ4n) is 0.489. The Labute approximate surface area is 48.9 Å². The Morgan fingerprint density at radius 3 is 2.86 bits per heavy atom. The van der Waals surface area contributed by atoms with Crippen LogP contribution in [0.25, 0.3) is 0 Å².